The maximum absolute atomic E-state index is 11.0. The second-order valence-corrected chi connectivity index (χ2v) is 6.02. The number of pyridine rings is 1. The molecule has 8 nitrogen and oxygen atoms in total. The molecule has 0 atom stereocenters. The van der Waals surface area contributed by atoms with E-state index in [1.54, 1.807) is 12.4 Å². The SMILES string of the molecule is O=C(O)N1CCC(Nc2nccc(-n3ccc4ncccc43)n2)CC1. The minimum Gasteiger partial charge on any atom is -0.465 e. The molecule has 3 aromatic heterocycles. The third-order valence-corrected chi connectivity index (χ3v) is 4.44. The lowest BCUT2D eigenvalue weighted by Gasteiger charge is -2.30. The zero-order valence-corrected chi connectivity index (χ0v) is 13.5. The zero-order chi connectivity index (χ0) is 17.2. The van der Waals surface area contributed by atoms with Crippen LogP contribution in [0, 0.1) is 0 Å². The van der Waals surface area contributed by atoms with Gasteiger partial charge in [-0.05, 0) is 37.1 Å². The number of aromatic nitrogens is 4. The Morgan fingerprint density at radius 2 is 2.00 bits per heavy atom. The molecule has 2 N–H and O–H groups in total. The maximum atomic E-state index is 11.0. The minimum atomic E-state index is -0.857. The van der Waals surface area contributed by atoms with Crippen LogP contribution in [0.15, 0.2) is 42.9 Å². The summed E-state index contributed by atoms with van der Waals surface area (Å²) in [4.78, 5) is 25.6. The van der Waals surface area contributed by atoms with E-state index < -0.39 is 6.09 Å². The average Bonchev–Trinajstić information content (AvgIpc) is 3.06. The summed E-state index contributed by atoms with van der Waals surface area (Å²) in [6, 6.07) is 7.87. The van der Waals surface area contributed by atoms with Crippen molar-refractivity contribution in [2.45, 2.75) is 18.9 Å². The molecule has 0 aliphatic carbocycles. The van der Waals surface area contributed by atoms with Crippen molar-refractivity contribution in [3.8, 4) is 5.82 Å². The summed E-state index contributed by atoms with van der Waals surface area (Å²) in [6.45, 7) is 1.06. The van der Waals surface area contributed by atoms with Crippen LogP contribution in [0.5, 0.6) is 0 Å². The van der Waals surface area contributed by atoms with Gasteiger partial charge in [0.2, 0.25) is 5.95 Å². The topological polar surface area (TPSA) is 96.2 Å². The number of hydrogen-bond donors (Lipinski definition) is 2. The molecule has 0 bridgehead atoms. The summed E-state index contributed by atoms with van der Waals surface area (Å²) in [6.07, 6.45) is 6.06. The predicted molar refractivity (Wildman–Crippen MR) is 92.9 cm³/mol. The van der Waals surface area contributed by atoms with E-state index in [1.165, 1.54) is 4.90 Å². The van der Waals surface area contributed by atoms with E-state index in [0.29, 0.717) is 19.0 Å². The third-order valence-electron chi connectivity index (χ3n) is 4.44. The zero-order valence-electron chi connectivity index (χ0n) is 13.5. The second-order valence-electron chi connectivity index (χ2n) is 6.02. The van der Waals surface area contributed by atoms with Crippen LogP contribution in [0.4, 0.5) is 10.7 Å². The number of rotatable bonds is 3. The monoisotopic (exact) mass is 338 g/mol. The lowest BCUT2D eigenvalue weighted by atomic mass is 10.1. The molecular weight excluding hydrogens is 320 g/mol. The molecule has 0 unspecified atom stereocenters. The molecule has 128 valence electrons. The van der Waals surface area contributed by atoms with E-state index in [1.807, 2.05) is 35.0 Å². The molecule has 4 rings (SSSR count). The average molecular weight is 338 g/mol. The van der Waals surface area contributed by atoms with Crippen molar-refractivity contribution < 1.29 is 9.90 Å². The van der Waals surface area contributed by atoms with Crippen molar-refractivity contribution in [3.63, 3.8) is 0 Å². The number of hydrogen-bond acceptors (Lipinski definition) is 5. The Hall–Kier alpha value is -3.16. The van der Waals surface area contributed by atoms with E-state index in [9.17, 15) is 4.79 Å². The number of anilines is 1. The fourth-order valence-electron chi connectivity index (χ4n) is 3.12. The standard InChI is InChI=1S/C17H18N6O2/c24-17(25)22-9-4-12(5-10-22)20-16-19-8-3-15(21-16)23-11-6-13-14(23)2-1-7-18-13/h1-3,6-8,11-12H,4-5,9-10H2,(H,24,25)(H,19,20,21). The van der Waals surface area contributed by atoms with Gasteiger partial charge in [-0.3, -0.25) is 9.55 Å². The van der Waals surface area contributed by atoms with Crippen LogP contribution in [-0.4, -0.2) is 54.8 Å². The fourth-order valence-corrected chi connectivity index (χ4v) is 3.12. The Morgan fingerprint density at radius 3 is 2.80 bits per heavy atom. The number of nitrogens with zero attached hydrogens (tertiary/aromatic N) is 5. The first-order chi connectivity index (χ1) is 12.2. The summed E-state index contributed by atoms with van der Waals surface area (Å²) in [5.41, 5.74) is 1.90. The van der Waals surface area contributed by atoms with Gasteiger partial charge < -0.3 is 15.3 Å². The highest BCUT2D eigenvalue weighted by Crippen LogP contribution is 2.19. The Kier molecular flexibility index (Phi) is 3.93. The number of nitrogens with one attached hydrogen (secondary N) is 1. The van der Waals surface area contributed by atoms with Gasteiger partial charge in [-0.25, -0.2) is 9.78 Å². The Labute approximate surface area is 144 Å². The molecule has 0 radical (unpaired) electrons. The van der Waals surface area contributed by atoms with Crippen molar-refractivity contribution in [1.82, 2.24) is 24.4 Å². The lowest BCUT2D eigenvalue weighted by molar-refractivity contribution is 0.133. The summed E-state index contributed by atoms with van der Waals surface area (Å²) >= 11 is 0. The molecule has 0 spiro atoms. The molecule has 25 heavy (non-hydrogen) atoms. The van der Waals surface area contributed by atoms with Crippen LogP contribution in [0.25, 0.3) is 16.9 Å². The van der Waals surface area contributed by atoms with Gasteiger partial charge in [0, 0.05) is 37.7 Å². The summed E-state index contributed by atoms with van der Waals surface area (Å²) < 4.78 is 1.97. The first-order valence-electron chi connectivity index (χ1n) is 8.20. The van der Waals surface area contributed by atoms with Gasteiger partial charge >= 0.3 is 6.09 Å². The highest BCUT2D eigenvalue weighted by Gasteiger charge is 2.22. The van der Waals surface area contributed by atoms with Gasteiger partial charge in [0.05, 0.1) is 11.0 Å². The van der Waals surface area contributed by atoms with Gasteiger partial charge in [0.1, 0.15) is 5.82 Å². The molecule has 1 saturated heterocycles. The molecule has 0 aromatic carbocycles. The molecular formula is C17H18N6O2. The van der Waals surface area contributed by atoms with E-state index in [-0.39, 0.29) is 6.04 Å². The maximum Gasteiger partial charge on any atom is 0.407 e. The highest BCUT2D eigenvalue weighted by atomic mass is 16.4. The predicted octanol–water partition coefficient (Wildman–Crippen LogP) is 2.37. The molecule has 1 aliphatic heterocycles. The number of amides is 1. The van der Waals surface area contributed by atoms with Gasteiger partial charge in [0.15, 0.2) is 0 Å². The number of fused-ring (bicyclic) bond motifs is 1. The van der Waals surface area contributed by atoms with Crippen molar-refractivity contribution in [1.29, 1.82) is 0 Å². The molecule has 1 aliphatic rings. The van der Waals surface area contributed by atoms with Gasteiger partial charge in [0.25, 0.3) is 0 Å². The third kappa shape index (κ3) is 3.10. The molecule has 8 heteroatoms. The lowest BCUT2D eigenvalue weighted by Crippen LogP contribution is -2.41. The smallest absolute Gasteiger partial charge is 0.407 e. The number of carbonyl (C=O) groups is 1. The summed E-state index contributed by atoms with van der Waals surface area (Å²) in [5.74, 6) is 1.32. The Bertz CT molecular complexity index is 901. The van der Waals surface area contributed by atoms with Crippen molar-refractivity contribution in [2.75, 3.05) is 18.4 Å². The first-order valence-corrected chi connectivity index (χ1v) is 8.20. The van der Waals surface area contributed by atoms with E-state index >= 15 is 0 Å². The molecule has 1 amide bonds. The largest absolute Gasteiger partial charge is 0.465 e. The number of likely N-dealkylation sites (tertiary alicyclic amines) is 1. The second kappa shape index (κ2) is 6.39. The van der Waals surface area contributed by atoms with Crippen LogP contribution >= 0.6 is 0 Å². The van der Waals surface area contributed by atoms with Crippen LogP contribution < -0.4 is 5.32 Å². The van der Waals surface area contributed by atoms with Crippen LogP contribution in [0.1, 0.15) is 12.8 Å². The van der Waals surface area contributed by atoms with Crippen molar-refractivity contribution >= 4 is 23.1 Å². The summed E-state index contributed by atoms with van der Waals surface area (Å²) in [7, 11) is 0. The highest BCUT2D eigenvalue weighted by molar-refractivity contribution is 5.77. The number of piperidine rings is 1. The molecule has 0 saturated carbocycles. The van der Waals surface area contributed by atoms with Crippen LogP contribution in [0.3, 0.4) is 0 Å². The fraction of sp³-hybridized carbons (Fsp3) is 0.294. The molecule has 3 aromatic rings. The minimum absolute atomic E-state index is 0.175. The van der Waals surface area contributed by atoms with Crippen molar-refractivity contribution in [2.24, 2.45) is 0 Å². The van der Waals surface area contributed by atoms with Gasteiger partial charge in [-0.15, -0.1) is 0 Å². The summed E-state index contributed by atoms with van der Waals surface area (Å²) in [5, 5.41) is 12.3. The van der Waals surface area contributed by atoms with Gasteiger partial charge in [-0.2, -0.15) is 4.98 Å². The molecule has 4 heterocycles. The van der Waals surface area contributed by atoms with E-state index in [2.05, 4.69) is 20.3 Å². The normalized spacial score (nSPS) is 15.4. The quantitative estimate of drug-likeness (QED) is 0.761. The molecule has 1 fully saturated rings. The van der Waals surface area contributed by atoms with E-state index in [4.69, 9.17) is 5.11 Å². The van der Waals surface area contributed by atoms with Crippen molar-refractivity contribution in [3.05, 3.63) is 42.9 Å². The van der Waals surface area contributed by atoms with Crippen LogP contribution in [0.2, 0.25) is 0 Å². The first kappa shape index (κ1) is 15.4. The Balaban J connectivity index is 1.51. The Morgan fingerprint density at radius 1 is 1.16 bits per heavy atom. The van der Waals surface area contributed by atoms with Gasteiger partial charge in [-0.1, -0.05) is 0 Å². The number of carboxylic acid groups (broad SMARTS) is 1. The van der Waals surface area contributed by atoms with Crippen LogP contribution in [-0.2, 0) is 0 Å². The van der Waals surface area contributed by atoms with E-state index in [0.717, 1.165) is 29.7 Å².